The van der Waals surface area contributed by atoms with E-state index in [4.69, 9.17) is 14.6 Å². The first-order chi connectivity index (χ1) is 17.9. The minimum atomic E-state index is -0.953. The number of benzene rings is 3. The number of ether oxygens (including phenoxy) is 2. The molecule has 3 aromatic rings. The highest BCUT2D eigenvalue weighted by atomic mass is 32.2. The van der Waals surface area contributed by atoms with Gasteiger partial charge in [-0.1, -0.05) is 36.4 Å². The second-order valence-electron chi connectivity index (χ2n) is 8.60. The number of carboxylic acids is 1. The summed E-state index contributed by atoms with van der Waals surface area (Å²) in [6, 6.07) is 21.6. The van der Waals surface area contributed by atoms with Crippen LogP contribution in [0.5, 0.6) is 0 Å². The van der Waals surface area contributed by atoms with Crippen molar-refractivity contribution in [3.8, 4) is 0 Å². The Kier molecular flexibility index (Phi) is 9.19. The summed E-state index contributed by atoms with van der Waals surface area (Å²) in [5.41, 5.74) is 3.48. The summed E-state index contributed by atoms with van der Waals surface area (Å²) in [5.74, 6) is -0.306. The third-order valence-corrected chi connectivity index (χ3v) is 7.05. The Balaban J connectivity index is 1.52. The van der Waals surface area contributed by atoms with E-state index >= 15 is 0 Å². The maximum absolute atomic E-state index is 12.0. The lowest BCUT2D eigenvalue weighted by Crippen LogP contribution is -2.31. The van der Waals surface area contributed by atoms with Crippen LogP contribution in [0, 0.1) is 0 Å². The van der Waals surface area contributed by atoms with Crippen molar-refractivity contribution >= 4 is 29.4 Å². The highest BCUT2D eigenvalue weighted by Crippen LogP contribution is 2.40. The molecule has 3 aromatic carbocycles. The summed E-state index contributed by atoms with van der Waals surface area (Å²) >= 11 is 1.59. The standard InChI is InChI=1S/C28H30N2O6S/c1-2-29-28(34)30-22-5-3-4-21(14-22)27-35-23(17-37-24-12-10-20(11-13-24)26(32)33)15-25(36-27)19-8-6-18(16-31)7-9-19/h3-14,23,25,27,31H,2,15-17H2,1H3,(H,32,33)(H2,29,30,34)/t23-,25+,27+/m1/s1. The molecular weight excluding hydrogens is 492 g/mol. The second kappa shape index (κ2) is 12.7. The van der Waals surface area contributed by atoms with E-state index in [1.807, 2.05) is 49.4 Å². The molecule has 8 nitrogen and oxygen atoms in total. The smallest absolute Gasteiger partial charge is 0.335 e. The van der Waals surface area contributed by atoms with E-state index in [1.54, 1.807) is 42.1 Å². The van der Waals surface area contributed by atoms with E-state index in [0.29, 0.717) is 24.4 Å². The number of carbonyl (C=O) groups excluding carboxylic acids is 1. The van der Waals surface area contributed by atoms with Crippen LogP contribution in [-0.2, 0) is 16.1 Å². The largest absolute Gasteiger partial charge is 0.478 e. The number of thioether (sulfide) groups is 1. The highest BCUT2D eigenvalue weighted by molar-refractivity contribution is 7.99. The van der Waals surface area contributed by atoms with Crippen molar-refractivity contribution in [1.29, 1.82) is 0 Å². The van der Waals surface area contributed by atoms with E-state index in [-0.39, 0.29) is 30.4 Å². The lowest BCUT2D eigenvalue weighted by atomic mass is 10.0. The Hall–Kier alpha value is -3.37. The molecule has 194 valence electrons. The number of hydrogen-bond acceptors (Lipinski definition) is 6. The SMILES string of the molecule is CCNC(=O)Nc1cccc([C@H]2O[C@@H](CSc3ccc(C(=O)O)cc3)C[C@@H](c3ccc(CO)cc3)O2)c1. The summed E-state index contributed by atoms with van der Waals surface area (Å²) in [6.45, 7) is 2.35. The number of urea groups is 1. The number of rotatable bonds is 9. The van der Waals surface area contributed by atoms with Gasteiger partial charge in [0.1, 0.15) is 0 Å². The maximum atomic E-state index is 12.0. The summed E-state index contributed by atoms with van der Waals surface area (Å²) in [5, 5.41) is 24.1. The van der Waals surface area contributed by atoms with Crippen LogP contribution in [0.25, 0.3) is 0 Å². The quantitative estimate of drug-likeness (QED) is 0.280. The molecule has 0 aliphatic carbocycles. The van der Waals surface area contributed by atoms with E-state index in [1.165, 1.54) is 0 Å². The molecule has 4 rings (SSSR count). The average molecular weight is 523 g/mol. The summed E-state index contributed by atoms with van der Waals surface area (Å²) in [6.07, 6.45) is -0.393. The molecule has 0 saturated carbocycles. The molecule has 1 fully saturated rings. The third-order valence-electron chi connectivity index (χ3n) is 5.91. The number of nitrogens with one attached hydrogen (secondary N) is 2. The molecule has 1 aliphatic heterocycles. The van der Waals surface area contributed by atoms with Crippen molar-refractivity contribution < 1.29 is 29.3 Å². The van der Waals surface area contributed by atoms with Crippen molar-refractivity contribution in [3.63, 3.8) is 0 Å². The van der Waals surface area contributed by atoms with E-state index < -0.39 is 12.3 Å². The van der Waals surface area contributed by atoms with Crippen LogP contribution in [0.3, 0.4) is 0 Å². The minimum absolute atomic E-state index is 0.0249. The lowest BCUT2D eigenvalue weighted by molar-refractivity contribution is -0.245. The molecule has 1 heterocycles. The fourth-order valence-electron chi connectivity index (χ4n) is 4.00. The van der Waals surface area contributed by atoms with Crippen molar-refractivity contribution in [3.05, 3.63) is 95.1 Å². The van der Waals surface area contributed by atoms with E-state index in [0.717, 1.165) is 21.6 Å². The Morgan fingerprint density at radius 3 is 2.43 bits per heavy atom. The molecule has 0 spiro atoms. The van der Waals surface area contributed by atoms with Gasteiger partial charge in [0.05, 0.1) is 24.4 Å². The maximum Gasteiger partial charge on any atom is 0.335 e. The summed E-state index contributed by atoms with van der Waals surface area (Å²) < 4.78 is 12.7. The molecule has 9 heteroatoms. The van der Waals surface area contributed by atoms with Gasteiger partial charge in [-0.15, -0.1) is 11.8 Å². The Bertz CT molecular complexity index is 1200. The molecular formula is C28H30N2O6S. The molecule has 2 amide bonds. The number of aliphatic hydroxyl groups excluding tert-OH is 1. The molecule has 0 unspecified atom stereocenters. The van der Waals surface area contributed by atoms with Crippen molar-refractivity contribution in [2.24, 2.45) is 0 Å². The molecule has 0 radical (unpaired) electrons. The number of amides is 2. The molecule has 1 aliphatic rings. The number of carbonyl (C=O) groups is 2. The van der Waals surface area contributed by atoms with Crippen LogP contribution in [0.4, 0.5) is 10.5 Å². The summed E-state index contributed by atoms with van der Waals surface area (Å²) in [4.78, 5) is 24.1. The van der Waals surface area contributed by atoms with Crippen LogP contribution < -0.4 is 10.6 Å². The predicted octanol–water partition coefficient (Wildman–Crippen LogP) is 5.36. The van der Waals surface area contributed by atoms with Crippen LogP contribution in [0.2, 0.25) is 0 Å². The van der Waals surface area contributed by atoms with Gasteiger partial charge in [-0.25, -0.2) is 9.59 Å². The van der Waals surface area contributed by atoms with Gasteiger partial charge in [-0.3, -0.25) is 0 Å². The number of anilines is 1. The van der Waals surface area contributed by atoms with Crippen molar-refractivity contribution in [2.75, 3.05) is 17.6 Å². The number of aliphatic hydroxyl groups is 1. The fourth-order valence-corrected chi connectivity index (χ4v) is 4.93. The van der Waals surface area contributed by atoms with E-state index in [2.05, 4.69) is 10.6 Å². The third kappa shape index (κ3) is 7.33. The zero-order valence-corrected chi connectivity index (χ0v) is 21.2. The molecule has 4 N–H and O–H groups in total. The van der Waals surface area contributed by atoms with Gasteiger partial charge in [-0.05, 0) is 54.4 Å². The normalized spacial score (nSPS) is 19.2. The number of aromatic carboxylic acids is 1. The van der Waals surface area contributed by atoms with Crippen molar-refractivity contribution in [2.45, 2.75) is 43.3 Å². The van der Waals surface area contributed by atoms with Gasteiger partial charge in [0, 0.05) is 34.9 Å². The van der Waals surface area contributed by atoms with E-state index in [9.17, 15) is 14.7 Å². The predicted molar refractivity (Wildman–Crippen MR) is 142 cm³/mol. The molecule has 1 saturated heterocycles. The summed E-state index contributed by atoms with van der Waals surface area (Å²) in [7, 11) is 0. The van der Waals surface area contributed by atoms with Gasteiger partial charge in [-0.2, -0.15) is 0 Å². The van der Waals surface area contributed by atoms with Crippen LogP contribution in [0.1, 0.15) is 52.8 Å². The lowest BCUT2D eigenvalue weighted by Gasteiger charge is -2.36. The minimum Gasteiger partial charge on any atom is -0.478 e. The van der Waals surface area contributed by atoms with Crippen LogP contribution in [-0.4, -0.2) is 40.6 Å². The first-order valence-corrected chi connectivity index (χ1v) is 13.0. The van der Waals surface area contributed by atoms with Crippen molar-refractivity contribution in [1.82, 2.24) is 5.32 Å². The topological polar surface area (TPSA) is 117 Å². The molecule has 0 bridgehead atoms. The fraction of sp³-hybridized carbons (Fsp3) is 0.286. The van der Waals surface area contributed by atoms with Gasteiger partial charge < -0.3 is 30.3 Å². The Morgan fingerprint density at radius 1 is 1.00 bits per heavy atom. The van der Waals surface area contributed by atoms with Crippen LogP contribution in [0.15, 0.2) is 77.7 Å². The number of hydrogen-bond donors (Lipinski definition) is 4. The van der Waals surface area contributed by atoms with Gasteiger partial charge in [0.15, 0.2) is 6.29 Å². The average Bonchev–Trinajstić information content (AvgIpc) is 2.92. The molecule has 37 heavy (non-hydrogen) atoms. The first-order valence-electron chi connectivity index (χ1n) is 12.1. The van der Waals surface area contributed by atoms with Crippen LogP contribution >= 0.6 is 11.8 Å². The monoisotopic (exact) mass is 522 g/mol. The molecule has 0 aromatic heterocycles. The highest BCUT2D eigenvalue weighted by Gasteiger charge is 2.32. The second-order valence-corrected chi connectivity index (χ2v) is 9.69. The van der Waals surface area contributed by atoms with Gasteiger partial charge in [0.25, 0.3) is 0 Å². The zero-order valence-electron chi connectivity index (χ0n) is 20.4. The van der Waals surface area contributed by atoms with Gasteiger partial charge in [0.2, 0.25) is 0 Å². The Labute approximate surface area is 220 Å². The zero-order chi connectivity index (χ0) is 26.2. The van der Waals surface area contributed by atoms with Gasteiger partial charge >= 0.3 is 12.0 Å². The molecule has 3 atom stereocenters. The Morgan fingerprint density at radius 2 is 1.76 bits per heavy atom. The first kappa shape index (κ1) is 26.7. The number of carboxylic acid groups (broad SMARTS) is 1.